The number of esters is 1. The van der Waals surface area contributed by atoms with Gasteiger partial charge in [0, 0.05) is 17.9 Å². The molecule has 4 nitrogen and oxygen atoms in total. The van der Waals surface area contributed by atoms with Crippen LogP contribution in [0.2, 0.25) is 0 Å². The van der Waals surface area contributed by atoms with E-state index in [4.69, 9.17) is 4.74 Å². The van der Waals surface area contributed by atoms with E-state index in [9.17, 15) is 15.0 Å². The third-order valence-corrected chi connectivity index (χ3v) is 5.70. The van der Waals surface area contributed by atoms with E-state index in [1.54, 1.807) is 0 Å². The van der Waals surface area contributed by atoms with Gasteiger partial charge in [0.15, 0.2) is 0 Å². The van der Waals surface area contributed by atoms with Crippen LogP contribution in [0.5, 0.6) is 0 Å². The topological polar surface area (TPSA) is 66.8 Å². The van der Waals surface area contributed by atoms with Gasteiger partial charge < -0.3 is 14.9 Å². The van der Waals surface area contributed by atoms with Gasteiger partial charge in [0.1, 0.15) is 6.10 Å². The summed E-state index contributed by atoms with van der Waals surface area (Å²) in [5.41, 5.74) is 0.183. The molecule has 1 saturated heterocycles. The van der Waals surface area contributed by atoms with Crippen molar-refractivity contribution < 1.29 is 19.7 Å². The van der Waals surface area contributed by atoms with Gasteiger partial charge in [0.2, 0.25) is 0 Å². The normalized spacial score (nSPS) is 53.5. The zero-order valence-corrected chi connectivity index (χ0v) is 11.5. The average Bonchev–Trinajstić information content (AvgIpc) is 2.63. The maximum Gasteiger partial charge on any atom is 0.334 e. The summed E-state index contributed by atoms with van der Waals surface area (Å²) in [5.74, 6) is -0.00682. The lowest BCUT2D eigenvalue weighted by atomic mass is 9.69. The zero-order valence-electron chi connectivity index (χ0n) is 11.5. The van der Waals surface area contributed by atoms with Crippen molar-refractivity contribution in [3.8, 4) is 0 Å². The van der Waals surface area contributed by atoms with Crippen molar-refractivity contribution in [2.24, 2.45) is 23.2 Å². The van der Waals surface area contributed by atoms with Gasteiger partial charge >= 0.3 is 5.97 Å². The van der Waals surface area contributed by atoms with Crippen molar-refractivity contribution in [1.82, 2.24) is 0 Å². The first-order valence-corrected chi connectivity index (χ1v) is 7.10. The standard InChI is InChI=1S/C15H22O4/c1-7-4-11-9(8(2)14(18)19-11)6-15(3)12(17)5-10(16)13(7)15/h7,9-13,16-17H,2,4-6H2,1,3H3/t7?,9-,10?,11-,12?,13?,15-/m1/s1. The fraction of sp³-hybridized carbons (Fsp3) is 0.800. The molecule has 4 unspecified atom stereocenters. The number of carbonyl (C=O) groups is 1. The highest BCUT2D eigenvalue weighted by Crippen LogP contribution is 2.56. The fourth-order valence-corrected chi connectivity index (χ4v) is 4.73. The molecule has 1 aliphatic heterocycles. The minimum Gasteiger partial charge on any atom is -0.458 e. The minimum absolute atomic E-state index is 0.00935. The molecular weight excluding hydrogens is 244 g/mol. The Bertz CT molecular complexity index is 432. The van der Waals surface area contributed by atoms with Crippen molar-refractivity contribution >= 4 is 5.97 Å². The smallest absolute Gasteiger partial charge is 0.334 e. The van der Waals surface area contributed by atoms with Crippen molar-refractivity contribution in [3.63, 3.8) is 0 Å². The maximum atomic E-state index is 11.7. The van der Waals surface area contributed by atoms with E-state index in [2.05, 4.69) is 13.5 Å². The van der Waals surface area contributed by atoms with E-state index in [1.165, 1.54) is 0 Å². The molecule has 0 aromatic carbocycles. The van der Waals surface area contributed by atoms with E-state index >= 15 is 0 Å². The van der Waals surface area contributed by atoms with Gasteiger partial charge in [0.25, 0.3) is 0 Å². The molecule has 3 aliphatic rings. The molecule has 2 N–H and O–H groups in total. The molecule has 0 amide bonds. The number of aliphatic hydroxyl groups excluding tert-OH is 2. The van der Waals surface area contributed by atoms with Crippen LogP contribution in [-0.2, 0) is 9.53 Å². The number of ether oxygens (including phenoxy) is 1. The summed E-state index contributed by atoms with van der Waals surface area (Å²) in [7, 11) is 0. The molecule has 4 heteroatoms. The van der Waals surface area contributed by atoms with Crippen LogP contribution in [0.3, 0.4) is 0 Å². The Morgan fingerprint density at radius 3 is 2.74 bits per heavy atom. The average molecular weight is 266 g/mol. The lowest BCUT2D eigenvalue weighted by Gasteiger charge is -2.37. The second-order valence-electron chi connectivity index (χ2n) is 6.84. The Labute approximate surface area is 113 Å². The third kappa shape index (κ3) is 1.69. The quantitative estimate of drug-likeness (QED) is 0.512. The highest BCUT2D eigenvalue weighted by molar-refractivity contribution is 5.90. The molecule has 0 spiro atoms. The predicted octanol–water partition coefficient (Wildman–Crippen LogP) is 1.26. The van der Waals surface area contributed by atoms with Gasteiger partial charge in [-0.05, 0) is 30.1 Å². The summed E-state index contributed by atoms with van der Waals surface area (Å²) in [6.07, 6.45) is 0.755. The van der Waals surface area contributed by atoms with Gasteiger partial charge in [0.05, 0.1) is 12.2 Å². The maximum absolute atomic E-state index is 11.7. The van der Waals surface area contributed by atoms with Crippen LogP contribution >= 0.6 is 0 Å². The molecule has 106 valence electrons. The molecule has 0 bridgehead atoms. The molecule has 2 saturated carbocycles. The number of carbonyl (C=O) groups excluding carboxylic acids is 1. The van der Waals surface area contributed by atoms with Crippen molar-refractivity contribution in [2.75, 3.05) is 0 Å². The van der Waals surface area contributed by atoms with Gasteiger partial charge in [-0.2, -0.15) is 0 Å². The summed E-state index contributed by atoms with van der Waals surface area (Å²) < 4.78 is 5.41. The number of fused-ring (bicyclic) bond motifs is 2. The molecule has 0 aromatic heterocycles. The Balaban J connectivity index is 1.98. The number of hydrogen-bond acceptors (Lipinski definition) is 4. The van der Waals surface area contributed by atoms with E-state index in [1.807, 2.05) is 6.92 Å². The zero-order chi connectivity index (χ0) is 13.9. The first-order valence-electron chi connectivity index (χ1n) is 7.10. The Kier molecular flexibility index (Phi) is 2.81. The highest BCUT2D eigenvalue weighted by atomic mass is 16.6. The molecule has 7 atom stereocenters. The lowest BCUT2D eigenvalue weighted by Crippen LogP contribution is -2.37. The highest BCUT2D eigenvalue weighted by Gasteiger charge is 2.58. The summed E-state index contributed by atoms with van der Waals surface area (Å²) in [5, 5.41) is 20.6. The minimum atomic E-state index is -0.516. The molecule has 3 fully saturated rings. The fourth-order valence-electron chi connectivity index (χ4n) is 4.73. The van der Waals surface area contributed by atoms with Crippen LogP contribution in [0.1, 0.15) is 33.1 Å². The monoisotopic (exact) mass is 266 g/mol. The molecule has 0 aromatic rings. The molecule has 19 heavy (non-hydrogen) atoms. The molecule has 2 aliphatic carbocycles. The third-order valence-electron chi connectivity index (χ3n) is 5.70. The first-order chi connectivity index (χ1) is 8.84. The Hall–Kier alpha value is -0.870. The molecule has 1 heterocycles. The number of hydrogen-bond donors (Lipinski definition) is 2. The van der Waals surface area contributed by atoms with Crippen molar-refractivity contribution in [2.45, 2.75) is 51.4 Å². The van der Waals surface area contributed by atoms with Crippen LogP contribution in [0.4, 0.5) is 0 Å². The van der Waals surface area contributed by atoms with Crippen LogP contribution in [0.25, 0.3) is 0 Å². The summed E-state index contributed by atoms with van der Waals surface area (Å²) in [4.78, 5) is 11.7. The van der Waals surface area contributed by atoms with Crippen LogP contribution in [-0.4, -0.2) is 34.5 Å². The van der Waals surface area contributed by atoms with E-state index in [0.29, 0.717) is 18.4 Å². The van der Waals surface area contributed by atoms with E-state index in [-0.39, 0.29) is 35.2 Å². The summed E-state index contributed by atoms with van der Waals surface area (Å²) in [6, 6.07) is 0. The summed E-state index contributed by atoms with van der Waals surface area (Å²) in [6.45, 7) is 7.98. The van der Waals surface area contributed by atoms with Crippen molar-refractivity contribution in [1.29, 1.82) is 0 Å². The number of rotatable bonds is 0. The largest absolute Gasteiger partial charge is 0.458 e. The molecule has 3 rings (SSSR count). The van der Waals surface area contributed by atoms with Crippen LogP contribution in [0, 0.1) is 23.2 Å². The molecular formula is C15H22O4. The SMILES string of the molecule is C=C1C(=O)O[C@@H]2CC(C)C3C(O)CC(O)[C@@]3(C)C[C@H]12. The van der Waals surface area contributed by atoms with Gasteiger partial charge in [-0.25, -0.2) is 4.79 Å². The second kappa shape index (κ2) is 4.06. The van der Waals surface area contributed by atoms with Crippen LogP contribution in [0.15, 0.2) is 12.2 Å². The second-order valence-corrected chi connectivity index (χ2v) is 6.84. The summed E-state index contributed by atoms with van der Waals surface area (Å²) >= 11 is 0. The van der Waals surface area contributed by atoms with Gasteiger partial charge in [-0.15, -0.1) is 0 Å². The number of aliphatic hydroxyl groups is 2. The van der Waals surface area contributed by atoms with Gasteiger partial charge in [-0.3, -0.25) is 0 Å². The van der Waals surface area contributed by atoms with E-state index < -0.39 is 12.2 Å². The Morgan fingerprint density at radius 2 is 2.05 bits per heavy atom. The Morgan fingerprint density at radius 1 is 1.37 bits per heavy atom. The van der Waals surface area contributed by atoms with Crippen LogP contribution < -0.4 is 0 Å². The van der Waals surface area contributed by atoms with Gasteiger partial charge in [-0.1, -0.05) is 20.4 Å². The predicted molar refractivity (Wildman–Crippen MR) is 69.1 cm³/mol. The first kappa shape index (κ1) is 13.1. The lowest BCUT2D eigenvalue weighted by molar-refractivity contribution is -0.139. The van der Waals surface area contributed by atoms with E-state index in [0.717, 1.165) is 6.42 Å². The van der Waals surface area contributed by atoms with Crippen molar-refractivity contribution in [3.05, 3.63) is 12.2 Å². The molecule has 0 radical (unpaired) electrons.